The van der Waals surface area contributed by atoms with Crippen molar-refractivity contribution in [2.24, 2.45) is 0 Å². The summed E-state index contributed by atoms with van der Waals surface area (Å²) in [6.45, 7) is 0. The Hall–Kier alpha value is -2.32. The van der Waals surface area contributed by atoms with Crippen molar-refractivity contribution in [3.63, 3.8) is 0 Å². The van der Waals surface area contributed by atoms with Crippen molar-refractivity contribution >= 4 is 37.2 Å². The van der Waals surface area contributed by atoms with E-state index in [0.717, 1.165) is 0 Å². The van der Waals surface area contributed by atoms with E-state index in [9.17, 15) is 0 Å². The maximum absolute atomic E-state index is 3.34. The molecule has 21 heavy (non-hydrogen) atoms. The fourth-order valence-electron chi connectivity index (χ4n) is 2.83. The smallest absolute Gasteiger partial charge is 0.0431 e. The van der Waals surface area contributed by atoms with Crippen LogP contribution in [-0.4, -0.2) is 7.05 Å². The largest absolute Gasteiger partial charge is 0.388 e. The highest BCUT2D eigenvalue weighted by Crippen LogP contribution is 2.39. The topological polar surface area (TPSA) is 12.0 Å². The lowest BCUT2D eigenvalue weighted by Gasteiger charge is -2.10. The average molecular weight is 289 g/mol. The van der Waals surface area contributed by atoms with Crippen molar-refractivity contribution in [1.29, 1.82) is 0 Å². The molecule has 0 radical (unpaired) electrons. The van der Waals surface area contributed by atoms with Crippen LogP contribution in [0.5, 0.6) is 0 Å². The molecule has 2 heteroatoms. The SMILES string of the molecule is CNc1cc2sc3ccccc3c2cc1-c1ccccc1. The van der Waals surface area contributed by atoms with Crippen molar-refractivity contribution in [2.45, 2.75) is 0 Å². The minimum Gasteiger partial charge on any atom is -0.388 e. The van der Waals surface area contributed by atoms with E-state index in [-0.39, 0.29) is 0 Å². The van der Waals surface area contributed by atoms with E-state index in [2.05, 4.69) is 72.0 Å². The molecular formula is C19H15NS. The van der Waals surface area contributed by atoms with Gasteiger partial charge in [0, 0.05) is 38.5 Å². The van der Waals surface area contributed by atoms with Crippen molar-refractivity contribution in [1.82, 2.24) is 0 Å². The normalized spacial score (nSPS) is 11.1. The van der Waals surface area contributed by atoms with Crippen LogP contribution < -0.4 is 5.32 Å². The van der Waals surface area contributed by atoms with Gasteiger partial charge >= 0.3 is 0 Å². The number of hydrogen-bond acceptors (Lipinski definition) is 2. The Morgan fingerprint density at radius 2 is 1.52 bits per heavy atom. The van der Waals surface area contributed by atoms with Crippen LogP contribution in [0.2, 0.25) is 0 Å². The molecule has 0 saturated carbocycles. The molecule has 3 aromatic carbocycles. The van der Waals surface area contributed by atoms with E-state index in [4.69, 9.17) is 0 Å². The third-order valence-electron chi connectivity index (χ3n) is 3.87. The lowest BCUT2D eigenvalue weighted by molar-refractivity contribution is 1.52. The van der Waals surface area contributed by atoms with Gasteiger partial charge in [-0.2, -0.15) is 0 Å². The number of anilines is 1. The fourth-order valence-corrected chi connectivity index (χ4v) is 3.96. The molecule has 4 rings (SSSR count). The van der Waals surface area contributed by atoms with Gasteiger partial charge in [-0.15, -0.1) is 11.3 Å². The predicted octanol–water partition coefficient (Wildman–Crippen LogP) is 5.76. The van der Waals surface area contributed by atoms with Crippen LogP contribution in [-0.2, 0) is 0 Å². The summed E-state index contributed by atoms with van der Waals surface area (Å²) in [6.07, 6.45) is 0. The van der Waals surface area contributed by atoms with Gasteiger partial charge in [0.25, 0.3) is 0 Å². The lowest BCUT2D eigenvalue weighted by atomic mass is 10.0. The van der Waals surface area contributed by atoms with Gasteiger partial charge < -0.3 is 5.32 Å². The molecule has 1 nitrogen and oxygen atoms in total. The maximum atomic E-state index is 3.34. The number of hydrogen-bond donors (Lipinski definition) is 1. The van der Waals surface area contributed by atoms with Gasteiger partial charge in [0.05, 0.1) is 0 Å². The Kier molecular flexibility index (Phi) is 2.90. The predicted molar refractivity (Wildman–Crippen MR) is 94.3 cm³/mol. The second-order valence-electron chi connectivity index (χ2n) is 5.11. The molecule has 0 atom stereocenters. The van der Waals surface area contributed by atoms with E-state index in [1.54, 1.807) is 0 Å². The quantitative estimate of drug-likeness (QED) is 0.494. The van der Waals surface area contributed by atoms with Crippen LogP contribution in [0.25, 0.3) is 31.3 Å². The third-order valence-corrected chi connectivity index (χ3v) is 5.00. The van der Waals surface area contributed by atoms with Crippen LogP contribution in [0.15, 0.2) is 66.7 Å². The zero-order chi connectivity index (χ0) is 14.2. The number of fused-ring (bicyclic) bond motifs is 3. The molecule has 0 aliphatic carbocycles. The van der Waals surface area contributed by atoms with E-state index >= 15 is 0 Å². The van der Waals surface area contributed by atoms with E-state index < -0.39 is 0 Å². The van der Waals surface area contributed by atoms with Gasteiger partial charge in [0.2, 0.25) is 0 Å². The minimum atomic E-state index is 1.18. The summed E-state index contributed by atoms with van der Waals surface area (Å²) in [4.78, 5) is 0. The summed E-state index contributed by atoms with van der Waals surface area (Å²) in [6, 6.07) is 23.8. The molecule has 0 spiro atoms. The molecule has 0 aliphatic heterocycles. The Bertz CT molecular complexity index is 922. The molecule has 0 unspecified atom stereocenters. The van der Waals surface area contributed by atoms with Crippen LogP contribution in [0, 0.1) is 0 Å². The molecule has 102 valence electrons. The summed E-state index contributed by atoms with van der Waals surface area (Å²) < 4.78 is 2.68. The Morgan fingerprint density at radius 3 is 2.33 bits per heavy atom. The first kappa shape index (κ1) is 12.4. The molecule has 1 heterocycles. The molecule has 0 aliphatic rings. The number of rotatable bonds is 2. The first-order valence-corrected chi connectivity index (χ1v) is 7.87. The molecule has 4 aromatic rings. The Morgan fingerprint density at radius 1 is 0.762 bits per heavy atom. The Balaban J connectivity index is 2.08. The minimum absolute atomic E-state index is 1.18. The monoisotopic (exact) mass is 289 g/mol. The van der Waals surface area contributed by atoms with Crippen molar-refractivity contribution in [3.8, 4) is 11.1 Å². The summed E-state index contributed by atoms with van der Waals surface area (Å²) in [5.41, 5.74) is 3.69. The van der Waals surface area contributed by atoms with Crippen LogP contribution >= 0.6 is 11.3 Å². The van der Waals surface area contributed by atoms with Crippen molar-refractivity contribution < 1.29 is 0 Å². The van der Waals surface area contributed by atoms with Gasteiger partial charge in [-0.3, -0.25) is 0 Å². The standard InChI is InChI=1S/C19H15NS/c1-20-17-12-19-16(14-9-5-6-10-18(14)21-19)11-15(17)13-7-3-2-4-8-13/h2-12,20H,1H3. The molecule has 1 aromatic heterocycles. The molecule has 0 saturated heterocycles. The van der Waals surface area contributed by atoms with E-state index in [1.807, 2.05) is 18.4 Å². The second kappa shape index (κ2) is 4.90. The number of nitrogens with one attached hydrogen (secondary N) is 1. The highest BCUT2D eigenvalue weighted by molar-refractivity contribution is 7.25. The van der Waals surface area contributed by atoms with Crippen LogP contribution in [0.4, 0.5) is 5.69 Å². The second-order valence-corrected chi connectivity index (χ2v) is 6.19. The summed E-state index contributed by atoms with van der Waals surface area (Å²) >= 11 is 1.86. The van der Waals surface area contributed by atoms with Gasteiger partial charge in [-0.25, -0.2) is 0 Å². The zero-order valence-corrected chi connectivity index (χ0v) is 12.6. The van der Waals surface area contributed by atoms with E-state index in [0.29, 0.717) is 0 Å². The molecule has 1 N–H and O–H groups in total. The number of benzene rings is 3. The van der Waals surface area contributed by atoms with Gasteiger partial charge in [-0.05, 0) is 23.8 Å². The van der Waals surface area contributed by atoms with Gasteiger partial charge in [-0.1, -0.05) is 48.5 Å². The molecule has 0 amide bonds. The van der Waals surface area contributed by atoms with E-state index in [1.165, 1.54) is 37.0 Å². The molecule has 0 fully saturated rings. The summed E-state index contributed by atoms with van der Waals surface area (Å²) in [5, 5.41) is 6.02. The average Bonchev–Trinajstić information content (AvgIpc) is 2.92. The fraction of sp³-hybridized carbons (Fsp3) is 0.0526. The van der Waals surface area contributed by atoms with Gasteiger partial charge in [0.1, 0.15) is 0 Å². The first-order chi connectivity index (χ1) is 10.4. The van der Waals surface area contributed by atoms with Gasteiger partial charge in [0.15, 0.2) is 0 Å². The summed E-state index contributed by atoms with van der Waals surface area (Å²) in [5.74, 6) is 0. The zero-order valence-electron chi connectivity index (χ0n) is 11.8. The van der Waals surface area contributed by atoms with Crippen LogP contribution in [0.3, 0.4) is 0 Å². The van der Waals surface area contributed by atoms with Crippen molar-refractivity contribution in [2.75, 3.05) is 12.4 Å². The maximum Gasteiger partial charge on any atom is 0.0431 e. The lowest BCUT2D eigenvalue weighted by Crippen LogP contribution is -1.91. The highest BCUT2D eigenvalue weighted by Gasteiger charge is 2.10. The Labute approximate surface area is 127 Å². The highest BCUT2D eigenvalue weighted by atomic mass is 32.1. The third kappa shape index (κ3) is 1.99. The molecular weight excluding hydrogens is 274 g/mol. The summed E-state index contributed by atoms with van der Waals surface area (Å²) in [7, 11) is 1.99. The molecule has 0 bridgehead atoms. The van der Waals surface area contributed by atoms with Crippen molar-refractivity contribution in [3.05, 3.63) is 66.7 Å². The first-order valence-electron chi connectivity index (χ1n) is 7.05. The number of thiophene rings is 1. The van der Waals surface area contributed by atoms with Crippen LogP contribution in [0.1, 0.15) is 0 Å².